The molecule has 0 unspecified atom stereocenters. The van der Waals surface area contributed by atoms with Crippen molar-refractivity contribution in [3.05, 3.63) is 11.6 Å². The van der Waals surface area contributed by atoms with Crippen LogP contribution in [0.2, 0.25) is 0 Å². The first-order valence-electron chi connectivity index (χ1n) is 13.0. The number of ketones is 1. The van der Waals surface area contributed by atoms with Crippen molar-refractivity contribution in [1.29, 1.82) is 0 Å². The lowest BCUT2D eigenvalue weighted by Crippen LogP contribution is -2.63. The molecular formula is C27H44O7. The van der Waals surface area contributed by atoms with Crippen LogP contribution in [0.15, 0.2) is 11.6 Å². The molecule has 4 aliphatic carbocycles. The maximum absolute atomic E-state index is 13.3. The molecular weight excluding hydrogens is 436 g/mol. The zero-order chi connectivity index (χ0) is 25.4. The fraction of sp³-hybridized carbons (Fsp3) is 0.889. The van der Waals surface area contributed by atoms with Crippen LogP contribution >= 0.6 is 0 Å². The number of rotatable bonds is 5. The van der Waals surface area contributed by atoms with Gasteiger partial charge in [0, 0.05) is 17.8 Å². The highest BCUT2D eigenvalue weighted by Crippen LogP contribution is 2.68. The average molecular weight is 481 g/mol. The Morgan fingerprint density at radius 1 is 1.09 bits per heavy atom. The Labute approximate surface area is 202 Å². The van der Waals surface area contributed by atoms with Crippen LogP contribution in [0.3, 0.4) is 0 Å². The summed E-state index contributed by atoms with van der Waals surface area (Å²) in [6.07, 6.45) is 0.680. The van der Waals surface area contributed by atoms with Crippen molar-refractivity contribution in [3.8, 4) is 0 Å². The third kappa shape index (κ3) is 3.57. The number of aliphatic hydroxyl groups is 6. The Kier molecular flexibility index (Phi) is 6.45. The molecule has 0 aromatic heterocycles. The fourth-order valence-electron chi connectivity index (χ4n) is 8.28. The molecule has 0 heterocycles. The zero-order valence-corrected chi connectivity index (χ0v) is 21.2. The second-order valence-electron chi connectivity index (χ2n) is 12.9. The minimum atomic E-state index is -1.52. The van der Waals surface area contributed by atoms with Crippen LogP contribution in [-0.2, 0) is 4.79 Å². The summed E-state index contributed by atoms with van der Waals surface area (Å²) in [5, 5.41) is 65.7. The number of fused-ring (bicyclic) bond motifs is 5. The predicted octanol–water partition coefficient (Wildman–Crippen LogP) is 1.71. The van der Waals surface area contributed by atoms with E-state index in [0.717, 1.165) is 0 Å². The third-order valence-electron chi connectivity index (χ3n) is 10.7. The standard InChI is InChI=1S/C27H44O7/c1-14(2)18(28)12-23(32)26(5,33)22-7-9-27(34)16-10-19(29)17-11-20(30)21(31)13-24(17,3)15(16)6-8-25(22,27)4/h10,14-15,17-18,20-23,28,30-34H,6-9,11-13H2,1-5H3/t15-,17-,18-,20+,21-,22-,23+,24+,25+,26-,27+/m0/s1. The topological polar surface area (TPSA) is 138 Å². The van der Waals surface area contributed by atoms with E-state index >= 15 is 0 Å². The number of hydrogen-bond acceptors (Lipinski definition) is 7. The van der Waals surface area contributed by atoms with Crippen molar-refractivity contribution < 1.29 is 35.4 Å². The summed E-state index contributed by atoms with van der Waals surface area (Å²) in [6.45, 7) is 9.30. The van der Waals surface area contributed by atoms with Crippen LogP contribution in [0.4, 0.5) is 0 Å². The molecule has 0 aromatic carbocycles. The maximum Gasteiger partial charge on any atom is 0.159 e. The van der Waals surface area contributed by atoms with Crippen LogP contribution in [0.1, 0.15) is 79.6 Å². The van der Waals surface area contributed by atoms with Gasteiger partial charge in [0.25, 0.3) is 0 Å². The van der Waals surface area contributed by atoms with Crippen molar-refractivity contribution in [2.75, 3.05) is 0 Å². The second kappa shape index (κ2) is 8.35. The van der Waals surface area contributed by atoms with Crippen LogP contribution in [0.5, 0.6) is 0 Å². The van der Waals surface area contributed by atoms with Crippen LogP contribution in [0, 0.1) is 34.5 Å². The molecule has 0 amide bonds. The molecule has 7 nitrogen and oxygen atoms in total. The Hall–Kier alpha value is -0.830. The fourth-order valence-corrected chi connectivity index (χ4v) is 8.28. The summed E-state index contributed by atoms with van der Waals surface area (Å²) in [5.41, 5.74) is -3.41. The van der Waals surface area contributed by atoms with Gasteiger partial charge in [0.1, 0.15) is 0 Å². The highest BCUT2D eigenvalue weighted by atomic mass is 16.3. The Balaban J connectivity index is 1.68. The molecule has 0 radical (unpaired) electrons. The number of allylic oxidation sites excluding steroid dienone is 1. The van der Waals surface area contributed by atoms with E-state index in [4.69, 9.17) is 0 Å². The Morgan fingerprint density at radius 2 is 1.74 bits per heavy atom. The van der Waals surface area contributed by atoms with Crippen molar-refractivity contribution in [1.82, 2.24) is 0 Å². The molecule has 3 fully saturated rings. The van der Waals surface area contributed by atoms with Crippen molar-refractivity contribution in [3.63, 3.8) is 0 Å². The smallest absolute Gasteiger partial charge is 0.159 e. The van der Waals surface area contributed by atoms with E-state index in [1.54, 1.807) is 13.0 Å². The molecule has 3 saturated carbocycles. The van der Waals surface area contributed by atoms with Crippen molar-refractivity contribution in [2.24, 2.45) is 34.5 Å². The lowest BCUT2D eigenvalue weighted by Gasteiger charge is -2.60. The van der Waals surface area contributed by atoms with Gasteiger partial charge in [-0.05, 0) is 80.3 Å². The normalized spacial score (nSPS) is 47.8. The first-order valence-corrected chi connectivity index (χ1v) is 13.0. The summed E-state index contributed by atoms with van der Waals surface area (Å²) < 4.78 is 0. The van der Waals surface area contributed by atoms with Gasteiger partial charge in [-0.3, -0.25) is 4.79 Å². The Morgan fingerprint density at radius 3 is 2.35 bits per heavy atom. The molecule has 7 heteroatoms. The van der Waals surface area contributed by atoms with E-state index in [0.29, 0.717) is 37.7 Å². The SMILES string of the molecule is CC(C)[C@@H](O)C[C@@H](O)[C@@](C)(O)[C@H]1CC[C@@]2(O)C3=CC(=O)[C@@H]4C[C@@H](O)[C@@H](O)C[C@]4(C)[C@H]3CC[C@]12C. The van der Waals surface area contributed by atoms with Crippen LogP contribution in [0.25, 0.3) is 0 Å². The highest BCUT2D eigenvalue weighted by Gasteiger charge is 2.69. The Bertz CT molecular complexity index is 852. The molecule has 6 N–H and O–H groups in total. The molecule has 4 aliphatic rings. The van der Waals surface area contributed by atoms with Gasteiger partial charge in [0.05, 0.1) is 35.6 Å². The third-order valence-corrected chi connectivity index (χ3v) is 10.7. The predicted molar refractivity (Wildman–Crippen MR) is 127 cm³/mol. The lowest BCUT2D eigenvalue weighted by molar-refractivity contribution is -0.179. The van der Waals surface area contributed by atoms with Crippen LogP contribution in [-0.4, -0.2) is 72.0 Å². The van der Waals surface area contributed by atoms with Crippen molar-refractivity contribution >= 4 is 5.78 Å². The lowest BCUT2D eigenvalue weighted by atomic mass is 9.45. The number of aliphatic hydroxyl groups excluding tert-OH is 4. The van der Waals surface area contributed by atoms with Crippen molar-refractivity contribution in [2.45, 2.75) is 115 Å². The van der Waals surface area contributed by atoms with E-state index in [-0.39, 0.29) is 36.4 Å². The largest absolute Gasteiger partial charge is 0.393 e. The summed E-state index contributed by atoms with van der Waals surface area (Å²) in [6, 6.07) is 0. The van der Waals surface area contributed by atoms with Gasteiger partial charge in [-0.25, -0.2) is 0 Å². The van der Waals surface area contributed by atoms with Gasteiger partial charge in [0.2, 0.25) is 0 Å². The molecule has 34 heavy (non-hydrogen) atoms. The van der Waals surface area contributed by atoms with E-state index < -0.39 is 52.4 Å². The van der Waals surface area contributed by atoms with E-state index in [2.05, 4.69) is 0 Å². The van der Waals surface area contributed by atoms with E-state index in [9.17, 15) is 35.4 Å². The van der Waals surface area contributed by atoms with Gasteiger partial charge in [-0.1, -0.05) is 27.7 Å². The second-order valence-corrected chi connectivity index (χ2v) is 12.9. The minimum Gasteiger partial charge on any atom is -0.393 e. The van der Waals surface area contributed by atoms with Gasteiger partial charge in [-0.15, -0.1) is 0 Å². The molecule has 194 valence electrons. The summed E-state index contributed by atoms with van der Waals surface area (Å²) >= 11 is 0. The number of hydrogen-bond donors (Lipinski definition) is 6. The monoisotopic (exact) mass is 480 g/mol. The molecule has 0 aromatic rings. The molecule has 0 aliphatic heterocycles. The van der Waals surface area contributed by atoms with E-state index in [1.165, 1.54) is 0 Å². The number of carbonyl (C=O) groups excluding carboxylic acids is 1. The van der Waals surface area contributed by atoms with E-state index in [1.807, 2.05) is 27.7 Å². The van der Waals surface area contributed by atoms with Gasteiger partial charge < -0.3 is 30.6 Å². The molecule has 4 rings (SSSR count). The van der Waals surface area contributed by atoms with Gasteiger partial charge in [0.15, 0.2) is 5.78 Å². The van der Waals surface area contributed by atoms with Gasteiger partial charge >= 0.3 is 0 Å². The molecule has 0 saturated heterocycles. The molecule has 0 spiro atoms. The summed E-state index contributed by atoms with van der Waals surface area (Å²) in [7, 11) is 0. The highest BCUT2D eigenvalue weighted by molar-refractivity contribution is 5.95. The molecule has 0 bridgehead atoms. The molecule has 11 atom stereocenters. The van der Waals surface area contributed by atoms with Crippen LogP contribution < -0.4 is 0 Å². The quantitative estimate of drug-likeness (QED) is 0.352. The minimum absolute atomic E-state index is 0.0477. The first kappa shape index (κ1) is 26.2. The number of carbonyl (C=O) groups is 1. The maximum atomic E-state index is 13.3. The zero-order valence-electron chi connectivity index (χ0n) is 21.2. The first-order chi connectivity index (χ1) is 15.6. The average Bonchev–Trinajstić information content (AvgIpc) is 3.02. The van der Waals surface area contributed by atoms with Gasteiger partial charge in [-0.2, -0.15) is 0 Å². The summed E-state index contributed by atoms with van der Waals surface area (Å²) in [4.78, 5) is 13.3. The summed E-state index contributed by atoms with van der Waals surface area (Å²) in [5.74, 6) is -1.04.